The molecule has 0 radical (unpaired) electrons. The van der Waals surface area contributed by atoms with Crippen molar-refractivity contribution in [3.8, 4) is 0 Å². The van der Waals surface area contributed by atoms with Gasteiger partial charge in [-0.3, -0.25) is 4.79 Å². The lowest BCUT2D eigenvalue weighted by molar-refractivity contribution is -0.116. The van der Waals surface area contributed by atoms with E-state index in [-0.39, 0.29) is 5.91 Å². The molecule has 0 unspecified atom stereocenters. The van der Waals surface area contributed by atoms with E-state index in [0.29, 0.717) is 6.42 Å². The number of aromatic nitrogens is 1. The molecule has 0 bridgehead atoms. The number of benzene rings is 1. The van der Waals surface area contributed by atoms with Gasteiger partial charge in [0, 0.05) is 20.5 Å². The number of carbonyl (C=O) groups is 1. The molecule has 2 rings (SSSR count). The molecule has 1 N–H and O–H groups in total. The van der Waals surface area contributed by atoms with E-state index in [2.05, 4.69) is 41.5 Å². The quantitative estimate of drug-likeness (QED) is 0.917. The lowest BCUT2D eigenvalue weighted by Gasteiger charge is -2.11. The Bertz CT molecular complexity index is 588. The van der Waals surface area contributed by atoms with Crippen molar-refractivity contribution in [2.45, 2.75) is 19.8 Å². The highest BCUT2D eigenvalue weighted by atomic mass is 16.1. The molecule has 0 aliphatic rings. The third kappa shape index (κ3) is 4.60. The third-order valence-corrected chi connectivity index (χ3v) is 3.25. The minimum atomic E-state index is 0.00924. The van der Waals surface area contributed by atoms with E-state index in [1.165, 1.54) is 11.1 Å². The van der Waals surface area contributed by atoms with E-state index < -0.39 is 0 Å². The molecule has 1 aromatic heterocycles. The van der Waals surface area contributed by atoms with Crippen LogP contribution in [0.4, 0.5) is 11.5 Å². The normalized spacial score (nSPS) is 10.2. The summed E-state index contributed by atoms with van der Waals surface area (Å²) in [5, 5.41) is 2.87. The number of amides is 1. The van der Waals surface area contributed by atoms with Crippen LogP contribution in [0.1, 0.15) is 17.5 Å². The zero-order chi connectivity index (χ0) is 15.2. The molecule has 0 saturated heterocycles. The first-order valence-electron chi connectivity index (χ1n) is 7.03. The molecule has 4 nitrogen and oxygen atoms in total. The highest BCUT2D eigenvalue weighted by molar-refractivity contribution is 5.90. The van der Waals surface area contributed by atoms with Crippen LogP contribution in [-0.4, -0.2) is 25.0 Å². The number of rotatable bonds is 5. The highest BCUT2D eigenvalue weighted by Crippen LogP contribution is 2.12. The second kappa shape index (κ2) is 6.88. The van der Waals surface area contributed by atoms with Crippen LogP contribution in [0.2, 0.25) is 0 Å². The summed E-state index contributed by atoms with van der Waals surface area (Å²) in [5.74, 6) is 0.877. The molecule has 0 saturated carbocycles. The maximum absolute atomic E-state index is 11.9. The summed E-state index contributed by atoms with van der Waals surface area (Å²) in [6.45, 7) is 2.06. The molecule has 2 aromatic rings. The van der Waals surface area contributed by atoms with Crippen molar-refractivity contribution < 1.29 is 4.79 Å². The molecule has 0 aliphatic heterocycles. The summed E-state index contributed by atoms with van der Waals surface area (Å²) in [6, 6.07) is 12.0. The Kier molecular flexibility index (Phi) is 4.93. The van der Waals surface area contributed by atoms with Crippen LogP contribution in [-0.2, 0) is 11.2 Å². The van der Waals surface area contributed by atoms with Crippen LogP contribution < -0.4 is 10.2 Å². The van der Waals surface area contributed by atoms with Gasteiger partial charge in [-0.05, 0) is 31.0 Å². The zero-order valence-corrected chi connectivity index (χ0v) is 12.8. The van der Waals surface area contributed by atoms with E-state index >= 15 is 0 Å². The van der Waals surface area contributed by atoms with Crippen LogP contribution in [0.15, 0.2) is 42.6 Å². The van der Waals surface area contributed by atoms with Crippen molar-refractivity contribution in [1.29, 1.82) is 0 Å². The monoisotopic (exact) mass is 283 g/mol. The largest absolute Gasteiger partial charge is 0.363 e. The second-order valence-corrected chi connectivity index (χ2v) is 5.33. The van der Waals surface area contributed by atoms with Crippen LogP contribution in [0.25, 0.3) is 0 Å². The van der Waals surface area contributed by atoms with E-state index in [4.69, 9.17) is 0 Å². The van der Waals surface area contributed by atoms with Gasteiger partial charge in [0.2, 0.25) is 5.91 Å². The van der Waals surface area contributed by atoms with Gasteiger partial charge in [0.25, 0.3) is 0 Å². The summed E-state index contributed by atoms with van der Waals surface area (Å²) >= 11 is 0. The lowest BCUT2D eigenvalue weighted by Crippen LogP contribution is -2.14. The SMILES string of the molecule is Cc1ccc(CCC(=O)Nc2ccc(N(C)C)nc2)cc1. The average molecular weight is 283 g/mol. The Hall–Kier alpha value is -2.36. The fraction of sp³-hybridized carbons (Fsp3) is 0.294. The molecule has 0 fully saturated rings. The molecule has 21 heavy (non-hydrogen) atoms. The first kappa shape index (κ1) is 15.0. The van der Waals surface area contributed by atoms with Crippen molar-refractivity contribution in [2.24, 2.45) is 0 Å². The summed E-state index contributed by atoms with van der Waals surface area (Å²) in [7, 11) is 3.87. The third-order valence-electron chi connectivity index (χ3n) is 3.25. The number of anilines is 2. The van der Waals surface area contributed by atoms with Crippen LogP contribution in [0.3, 0.4) is 0 Å². The van der Waals surface area contributed by atoms with Gasteiger partial charge < -0.3 is 10.2 Å². The van der Waals surface area contributed by atoms with Gasteiger partial charge in [-0.25, -0.2) is 4.98 Å². The topological polar surface area (TPSA) is 45.2 Å². The molecule has 1 heterocycles. The number of hydrogen-bond donors (Lipinski definition) is 1. The fourth-order valence-electron chi connectivity index (χ4n) is 1.96. The van der Waals surface area contributed by atoms with Gasteiger partial charge in [0.1, 0.15) is 5.82 Å². The molecule has 110 valence electrons. The minimum Gasteiger partial charge on any atom is -0.363 e. The van der Waals surface area contributed by atoms with Gasteiger partial charge in [-0.1, -0.05) is 29.8 Å². The Morgan fingerprint density at radius 2 is 1.86 bits per heavy atom. The molecular formula is C17H21N3O. The Balaban J connectivity index is 1.85. The molecule has 0 spiro atoms. The van der Waals surface area contributed by atoms with Crippen molar-refractivity contribution in [3.05, 3.63) is 53.7 Å². The summed E-state index contributed by atoms with van der Waals surface area (Å²) in [5.41, 5.74) is 3.14. The van der Waals surface area contributed by atoms with Crippen LogP contribution in [0.5, 0.6) is 0 Å². The van der Waals surface area contributed by atoms with Crippen molar-refractivity contribution in [2.75, 3.05) is 24.3 Å². The number of aryl methyl sites for hydroxylation is 2. The van der Waals surface area contributed by atoms with Crippen molar-refractivity contribution in [1.82, 2.24) is 4.98 Å². The van der Waals surface area contributed by atoms with Crippen molar-refractivity contribution in [3.63, 3.8) is 0 Å². The van der Waals surface area contributed by atoms with Crippen LogP contribution >= 0.6 is 0 Å². The zero-order valence-electron chi connectivity index (χ0n) is 12.8. The Labute approximate surface area is 125 Å². The summed E-state index contributed by atoms with van der Waals surface area (Å²) in [4.78, 5) is 18.1. The number of nitrogens with zero attached hydrogens (tertiary/aromatic N) is 2. The molecule has 0 aliphatic carbocycles. The Morgan fingerprint density at radius 3 is 2.43 bits per heavy atom. The predicted molar refractivity (Wildman–Crippen MR) is 86.7 cm³/mol. The number of hydrogen-bond acceptors (Lipinski definition) is 3. The molecule has 0 atom stereocenters. The maximum atomic E-state index is 11.9. The number of pyridine rings is 1. The van der Waals surface area contributed by atoms with Crippen molar-refractivity contribution >= 4 is 17.4 Å². The van der Waals surface area contributed by atoms with E-state index in [1.807, 2.05) is 31.1 Å². The Morgan fingerprint density at radius 1 is 1.14 bits per heavy atom. The second-order valence-electron chi connectivity index (χ2n) is 5.33. The van der Waals surface area contributed by atoms with Gasteiger partial charge in [-0.15, -0.1) is 0 Å². The lowest BCUT2D eigenvalue weighted by atomic mass is 10.1. The average Bonchev–Trinajstić information content (AvgIpc) is 2.47. The standard InChI is InChI=1S/C17H21N3O/c1-13-4-6-14(7-5-13)8-11-17(21)19-15-9-10-16(18-12-15)20(2)3/h4-7,9-10,12H,8,11H2,1-3H3,(H,19,21). The van der Waals surface area contributed by atoms with E-state index in [9.17, 15) is 4.79 Å². The molecule has 1 aromatic carbocycles. The summed E-state index contributed by atoms with van der Waals surface area (Å²) in [6.07, 6.45) is 2.90. The number of nitrogens with one attached hydrogen (secondary N) is 1. The highest BCUT2D eigenvalue weighted by Gasteiger charge is 2.04. The molecule has 1 amide bonds. The van der Waals surface area contributed by atoms with Gasteiger partial charge in [0.05, 0.1) is 11.9 Å². The minimum absolute atomic E-state index is 0.00924. The van der Waals surface area contributed by atoms with Gasteiger partial charge in [0.15, 0.2) is 0 Å². The predicted octanol–water partition coefficient (Wildman–Crippen LogP) is 3.03. The first-order chi connectivity index (χ1) is 10.0. The fourth-order valence-corrected chi connectivity index (χ4v) is 1.96. The summed E-state index contributed by atoms with van der Waals surface area (Å²) < 4.78 is 0. The molecular weight excluding hydrogens is 262 g/mol. The molecule has 4 heteroatoms. The number of carbonyl (C=O) groups excluding carboxylic acids is 1. The first-order valence-corrected chi connectivity index (χ1v) is 7.03. The van der Waals surface area contributed by atoms with E-state index in [1.54, 1.807) is 6.20 Å². The van der Waals surface area contributed by atoms with Gasteiger partial charge >= 0.3 is 0 Å². The smallest absolute Gasteiger partial charge is 0.224 e. The van der Waals surface area contributed by atoms with Crippen LogP contribution in [0, 0.1) is 6.92 Å². The maximum Gasteiger partial charge on any atom is 0.224 e. The van der Waals surface area contributed by atoms with E-state index in [0.717, 1.165) is 17.9 Å². The van der Waals surface area contributed by atoms with Gasteiger partial charge in [-0.2, -0.15) is 0 Å².